The number of piperazine rings is 2. The van der Waals surface area contributed by atoms with Gasteiger partial charge in [-0.1, -0.05) is 24.3 Å². The van der Waals surface area contributed by atoms with E-state index in [0.717, 1.165) is 50.4 Å². The van der Waals surface area contributed by atoms with Crippen molar-refractivity contribution in [1.29, 1.82) is 0 Å². The molecular formula is C27H36F2N4O. The first-order chi connectivity index (χ1) is 16.4. The van der Waals surface area contributed by atoms with Crippen LogP contribution in [-0.4, -0.2) is 80.0 Å². The number of nitrogens with one attached hydrogen (secondary N) is 2. The molecule has 4 rings (SSSR count). The van der Waals surface area contributed by atoms with E-state index in [1.165, 1.54) is 24.3 Å². The number of carbonyl (C=O) groups is 1. The first-order valence-electron chi connectivity index (χ1n) is 12.4. The molecule has 0 radical (unpaired) electrons. The maximum Gasteiger partial charge on any atom is 0.150 e. The Morgan fingerprint density at radius 3 is 1.53 bits per heavy atom. The van der Waals surface area contributed by atoms with Crippen LogP contribution in [0, 0.1) is 11.6 Å². The van der Waals surface area contributed by atoms with Crippen molar-refractivity contribution in [2.24, 2.45) is 0 Å². The summed E-state index contributed by atoms with van der Waals surface area (Å²) in [6, 6.07) is 13.3. The van der Waals surface area contributed by atoms with Crippen LogP contribution in [0.2, 0.25) is 0 Å². The number of halogens is 2. The lowest BCUT2D eigenvalue weighted by atomic mass is 9.82. The Kier molecular flexibility index (Phi) is 8.42. The molecule has 7 heteroatoms. The standard InChI is InChI=1S/C27H36F2N4O/c1-19-15-30-11-13-32(19)17-25(21-3-7-23(28)8-4-21)27(34)26(22-5-9-24(29)10-6-22)18-33-14-12-31-16-20(33)2/h3-10,19-20,25-26,30-31H,11-18H2,1-2H3/t19?,20?,25-,26-/m1/s1. The number of Topliss-reactive ketones (excluding diaryl/α,β-unsaturated/α-hetero) is 1. The van der Waals surface area contributed by atoms with E-state index >= 15 is 0 Å². The summed E-state index contributed by atoms with van der Waals surface area (Å²) < 4.78 is 27.5. The molecule has 0 aromatic heterocycles. The van der Waals surface area contributed by atoms with Crippen LogP contribution in [0.4, 0.5) is 8.78 Å². The van der Waals surface area contributed by atoms with Gasteiger partial charge < -0.3 is 10.6 Å². The highest BCUT2D eigenvalue weighted by molar-refractivity contribution is 5.92. The molecule has 2 aromatic rings. The molecule has 2 saturated heterocycles. The molecule has 34 heavy (non-hydrogen) atoms. The topological polar surface area (TPSA) is 47.6 Å². The van der Waals surface area contributed by atoms with E-state index < -0.39 is 11.8 Å². The third kappa shape index (κ3) is 6.08. The maximum atomic E-state index is 14.3. The van der Waals surface area contributed by atoms with Crippen molar-refractivity contribution in [2.45, 2.75) is 37.8 Å². The molecule has 184 valence electrons. The maximum absolute atomic E-state index is 14.3. The number of hydrogen-bond acceptors (Lipinski definition) is 5. The average molecular weight is 471 g/mol. The molecule has 2 unspecified atom stereocenters. The summed E-state index contributed by atoms with van der Waals surface area (Å²) in [6.45, 7) is 10.8. The first kappa shape index (κ1) is 24.9. The zero-order valence-corrected chi connectivity index (χ0v) is 20.1. The molecule has 0 aliphatic carbocycles. The number of benzene rings is 2. The van der Waals surface area contributed by atoms with E-state index in [-0.39, 0.29) is 17.4 Å². The fourth-order valence-corrected chi connectivity index (χ4v) is 5.13. The van der Waals surface area contributed by atoms with Crippen LogP contribution in [0.15, 0.2) is 48.5 Å². The lowest BCUT2D eigenvalue weighted by molar-refractivity contribution is -0.123. The molecule has 2 heterocycles. The predicted octanol–water partition coefficient (Wildman–Crippen LogP) is 2.99. The summed E-state index contributed by atoms with van der Waals surface area (Å²) in [7, 11) is 0. The van der Waals surface area contributed by atoms with Gasteiger partial charge in [0.1, 0.15) is 17.4 Å². The molecular weight excluding hydrogens is 434 g/mol. The molecule has 5 nitrogen and oxygen atoms in total. The van der Waals surface area contributed by atoms with E-state index in [2.05, 4.69) is 34.3 Å². The fourth-order valence-electron chi connectivity index (χ4n) is 5.13. The van der Waals surface area contributed by atoms with Gasteiger partial charge in [-0.3, -0.25) is 14.6 Å². The highest BCUT2D eigenvalue weighted by atomic mass is 19.1. The zero-order chi connectivity index (χ0) is 24.1. The highest BCUT2D eigenvalue weighted by Gasteiger charge is 2.34. The van der Waals surface area contributed by atoms with Gasteiger partial charge in [0.05, 0.1) is 11.8 Å². The van der Waals surface area contributed by atoms with Gasteiger partial charge in [0.25, 0.3) is 0 Å². The minimum Gasteiger partial charge on any atom is -0.314 e. The van der Waals surface area contributed by atoms with Gasteiger partial charge in [-0.15, -0.1) is 0 Å². The number of carbonyl (C=O) groups excluding carboxylic acids is 1. The van der Waals surface area contributed by atoms with Gasteiger partial charge in [-0.2, -0.15) is 0 Å². The van der Waals surface area contributed by atoms with Gasteiger partial charge in [-0.05, 0) is 49.2 Å². The van der Waals surface area contributed by atoms with Crippen LogP contribution in [-0.2, 0) is 4.79 Å². The molecule has 0 saturated carbocycles. The summed E-state index contributed by atoms with van der Waals surface area (Å²) in [4.78, 5) is 19.0. The zero-order valence-electron chi connectivity index (χ0n) is 20.1. The van der Waals surface area contributed by atoms with E-state index in [1.54, 1.807) is 24.3 Å². The molecule has 2 N–H and O–H groups in total. The Bertz CT molecular complexity index is 861. The lowest BCUT2D eigenvalue weighted by Gasteiger charge is -2.39. The lowest BCUT2D eigenvalue weighted by Crippen LogP contribution is -2.53. The van der Waals surface area contributed by atoms with Gasteiger partial charge >= 0.3 is 0 Å². The van der Waals surface area contributed by atoms with Crippen LogP contribution in [0.25, 0.3) is 0 Å². The summed E-state index contributed by atoms with van der Waals surface area (Å²) >= 11 is 0. The molecule has 2 aliphatic heterocycles. The Labute approximate surface area is 201 Å². The van der Waals surface area contributed by atoms with Crippen LogP contribution in [0.3, 0.4) is 0 Å². The van der Waals surface area contributed by atoms with Crippen molar-refractivity contribution in [3.8, 4) is 0 Å². The van der Waals surface area contributed by atoms with Crippen molar-refractivity contribution >= 4 is 5.78 Å². The van der Waals surface area contributed by atoms with Crippen LogP contribution >= 0.6 is 0 Å². The second kappa shape index (κ2) is 11.5. The number of rotatable bonds is 8. The van der Waals surface area contributed by atoms with Gasteiger partial charge in [0, 0.05) is 64.4 Å². The third-order valence-electron chi connectivity index (χ3n) is 7.34. The van der Waals surface area contributed by atoms with Crippen molar-refractivity contribution in [1.82, 2.24) is 20.4 Å². The van der Waals surface area contributed by atoms with E-state index in [0.29, 0.717) is 25.2 Å². The SMILES string of the molecule is CC1CNCCN1C[C@@H](C(=O)[C@H](CN1CCNCC1C)c1ccc(F)cc1)c1ccc(F)cc1. The van der Waals surface area contributed by atoms with Crippen LogP contribution in [0.5, 0.6) is 0 Å². The average Bonchev–Trinajstić information content (AvgIpc) is 2.84. The fraction of sp³-hybridized carbons (Fsp3) is 0.519. The van der Waals surface area contributed by atoms with Crippen molar-refractivity contribution < 1.29 is 13.6 Å². The summed E-state index contributed by atoms with van der Waals surface area (Å²) in [5.74, 6) is -1.30. The second-order valence-corrected chi connectivity index (χ2v) is 9.71. The Morgan fingerprint density at radius 1 is 0.794 bits per heavy atom. The Hall–Kier alpha value is -2.19. The van der Waals surface area contributed by atoms with Crippen LogP contribution in [0.1, 0.15) is 36.8 Å². The summed E-state index contributed by atoms with van der Waals surface area (Å²) in [5, 5.41) is 6.81. The molecule has 0 amide bonds. The molecule has 0 bridgehead atoms. The normalized spacial score (nSPS) is 24.0. The molecule has 2 aromatic carbocycles. The quantitative estimate of drug-likeness (QED) is 0.621. The van der Waals surface area contributed by atoms with Crippen LogP contribution < -0.4 is 10.6 Å². The van der Waals surface area contributed by atoms with Crippen molar-refractivity contribution in [2.75, 3.05) is 52.4 Å². The molecule has 0 spiro atoms. The summed E-state index contributed by atoms with van der Waals surface area (Å²) in [6.07, 6.45) is 0. The smallest absolute Gasteiger partial charge is 0.150 e. The number of hydrogen-bond donors (Lipinski definition) is 2. The third-order valence-corrected chi connectivity index (χ3v) is 7.34. The minimum atomic E-state index is -0.394. The molecule has 2 fully saturated rings. The number of ketones is 1. The van der Waals surface area contributed by atoms with Gasteiger partial charge in [0.15, 0.2) is 0 Å². The van der Waals surface area contributed by atoms with Crippen molar-refractivity contribution in [3.05, 3.63) is 71.3 Å². The Morgan fingerprint density at radius 2 is 1.18 bits per heavy atom. The van der Waals surface area contributed by atoms with Gasteiger partial charge in [0.2, 0.25) is 0 Å². The summed E-state index contributed by atoms with van der Waals surface area (Å²) in [5.41, 5.74) is 1.66. The molecule has 2 aliphatic rings. The number of nitrogens with zero attached hydrogens (tertiary/aromatic N) is 2. The highest BCUT2D eigenvalue weighted by Crippen LogP contribution is 2.30. The van der Waals surface area contributed by atoms with E-state index in [9.17, 15) is 13.6 Å². The van der Waals surface area contributed by atoms with Crippen molar-refractivity contribution in [3.63, 3.8) is 0 Å². The largest absolute Gasteiger partial charge is 0.314 e. The van der Waals surface area contributed by atoms with E-state index in [4.69, 9.17) is 0 Å². The second-order valence-electron chi connectivity index (χ2n) is 9.71. The molecule has 4 atom stereocenters. The monoisotopic (exact) mass is 470 g/mol. The van der Waals surface area contributed by atoms with Gasteiger partial charge in [-0.25, -0.2) is 8.78 Å². The van der Waals surface area contributed by atoms with E-state index in [1.807, 2.05) is 0 Å². The minimum absolute atomic E-state index is 0.106. The first-order valence-corrected chi connectivity index (χ1v) is 12.4. The predicted molar refractivity (Wildman–Crippen MR) is 131 cm³/mol. The Balaban J connectivity index is 1.67.